The second kappa shape index (κ2) is 7.15. The molecule has 24 heavy (non-hydrogen) atoms. The van der Waals surface area contributed by atoms with Crippen LogP contribution in [0.2, 0.25) is 0 Å². The molecule has 2 aliphatic rings. The molecule has 1 N–H and O–H groups in total. The van der Waals surface area contributed by atoms with Crippen molar-refractivity contribution >= 4 is 6.03 Å². The number of hydrogen-bond acceptors (Lipinski definition) is 4. The standard InChI is InChI=1S/C18H29N3O3/c1-14-6-7-16(23-14)12-21-10-9-18(13-21)8-4-5-15(24-18)11-19-17(22)20(2)3/h6-7,15H,4-5,8-13H2,1-3H3,(H,19,22)/t15-,18-/m0/s1. The summed E-state index contributed by atoms with van der Waals surface area (Å²) in [5.74, 6) is 1.99. The molecular weight excluding hydrogens is 306 g/mol. The van der Waals surface area contributed by atoms with Crippen molar-refractivity contribution in [1.29, 1.82) is 0 Å². The van der Waals surface area contributed by atoms with E-state index in [1.54, 1.807) is 19.0 Å². The van der Waals surface area contributed by atoms with Crippen LogP contribution in [0.3, 0.4) is 0 Å². The number of carbonyl (C=O) groups is 1. The summed E-state index contributed by atoms with van der Waals surface area (Å²) in [4.78, 5) is 15.7. The second-order valence-electron chi connectivity index (χ2n) is 7.37. The summed E-state index contributed by atoms with van der Waals surface area (Å²) >= 11 is 0. The minimum absolute atomic E-state index is 0.0482. The largest absolute Gasteiger partial charge is 0.465 e. The molecule has 2 saturated heterocycles. The van der Waals surface area contributed by atoms with Crippen molar-refractivity contribution in [2.45, 2.75) is 50.9 Å². The third-order valence-electron chi connectivity index (χ3n) is 5.03. The molecule has 0 saturated carbocycles. The lowest BCUT2D eigenvalue weighted by atomic mass is 9.90. The first-order chi connectivity index (χ1) is 11.5. The molecule has 0 aromatic carbocycles. The fourth-order valence-electron chi connectivity index (χ4n) is 3.78. The van der Waals surface area contributed by atoms with Crippen LogP contribution in [0.5, 0.6) is 0 Å². The number of aryl methyl sites for hydroxylation is 1. The van der Waals surface area contributed by atoms with Gasteiger partial charge in [0, 0.05) is 33.7 Å². The van der Waals surface area contributed by atoms with Crippen molar-refractivity contribution in [2.75, 3.05) is 33.7 Å². The number of amides is 2. The number of rotatable bonds is 4. The molecule has 3 rings (SSSR count). The molecule has 3 heterocycles. The van der Waals surface area contributed by atoms with E-state index < -0.39 is 0 Å². The van der Waals surface area contributed by atoms with Crippen LogP contribution in [0.1, 0.15) is 37.2 Å². The van der Waals surface area contributed by atoms with Crippen LogP contribution in [0.4, 0.5) is 4.79 Å². The molecular formula is C18H29N3O3. The van der Waals surface area contributed by atoms with Gasteiger partial charge in [-0.3, -0.25) is 4.90 Å². The Morgan fingerprint density at radius 1 is 1.42 bits per heavy atom. The maximum absolute atomic E-state index is 11.7. The number of nitrogens with one attached hydrogen (secondary N) is 1. The van der Waals surface area contributed by atoms with Crippen LogP contribution in [0.25, 0.3) is 0 Å². The van der Waals surface area contributed by atoms with Gasteiger partial charge in [0.2, 0.25) is 0 Å². The van der Waals surface area contributed by atoms with E-state index >= 15 is 0 Å². The molecule has 6 heteroatoms. The zero-order valence-corrected chi connectivity index (χ0v) is 15.0. The van der Waals surface area contributed by atoms with Crippen molar-refractivity contribution in [3.05, 3.63) is 23.7 Å². The van der Waals surface area contributed by atoms with E-state index in [2.05, 4.69) is 16.3 Å². The van der Waals surface area contributed by atoms with Crippen molar-refractivity contribution < 1.29 is 13.9 Å². The van der Waals surface area contributed by atoms with Gasteiger partial charge in [-0.1, -0.05) is 0 Å². The third kappa shape index (κ3) is 4.11. The molecule has 2 amide bonds. The molecule has 2 aliphatic heterocycles. The van der Waals surface area contributed by atoms with Gasteiger partial charge < -0.3 is 19.4 Å². The Hall–Kier alpha value is -1.53. The molecule has 1 aromatic rings. The number of carbonyl (C=O) groups excluding carboxylic acids is 1. The van der Waals surface area contributed by atoms with E-state index in [4.69, 9.17) is 9.15 Å². The van der Waals surface area contributed by atoms with Crippen LogP contribution in [-0.4, -0.2) is 61.3 Å². The van der Waals surface area contributed by atoms with Gasteiger partial charge in [0.25, 0.3) is 0 Å². The predicted octanol–water partition coefficient (Wildman–Crippen LogP) is 2.37. The minimum Gasteiger partial charge on any atom is -0.465 e. The lowest BCUT2D eigenvalue weighted by Crippen LogP contribution is -2.48. The summed E-state index contributed by atoms with van der Waals surface area (Å²) in [7, 11) is 3.51. The van der Waals surface area contributed by atoms with E-state index in [1.165, 1.54) is 0 Å². The molecule has 6 nitrogen and oxygen atoms in total. The summed E-state index contributed by atoms with van der Waals surface area (Å²) in [6.07, 6.45) is 4.47. The average molecular weight is 335 g/mol. The first-order valence-electron chi connectivity index (χ1n) is 8.86. The quantitative estimate of drug-likeness (QED) is 0.918. The van der Waals surface area contributed by atoms with Gasteiger partial charge in [0.05, 0.1) is 18.2 Å². The van der Waals surface area contributed by atoms with Gasteiger partial charge in [-0.2, -0.15) is 0 Å². The third-order valence-corrected chi connectivity index (χ3v) is 5.03. The number of hydrogen-bond donors (Lipinski definition) is 1. The van der Waals surface area contributed by atoms with Crippen LogP contribution in [-0.2, 0) is 11.3 Å². The number of ether oxygens (including phenoxy) is 1. The van der Waals surface area contributed by atoms with Crippen molar-refractivity contribution in [1.82, 2.24) is 15.1 Å². The van der Waals surface area contributed by atoms with Crippen molar-refractivity contribution in [2.24, 2.45) is 0 Å². The van der Waals surface area contributed by atoms with Crippen LogP contribution >= 0.6 is 0 Å². The van der Waals surface area contributed by atoms with Gasteiger partial charge in [0.1, 0.15) is 11.5 Å². The molecule has 2 fully saturated rings. The Labute approximate surface area is 144 Å². The molecule has 0 unspecified atom stereocenters. The Morgan fingerprint density at radius 2 is 2.25 bits per heavy atom. The summed E-state index contributed by atoms with van der Waals surface area (Å²) in [6.45, 7) is 5.41. The highest BCUT2D eigenvalue weighted by atomic mass is 16.5. The smallest absolute Gasteiger partial charge is 0.316 e. The van der Waals surface area contributed by atoms with E-state index in [9.17, 15) is 4.79 Å². The summed E-state index contributed by atoms with van der Waals surface area (Å²) in [5, 5.41) is 2.95. The Bertz CT molecular complexity index is 572. The highest BCUT2D eigenvalue weighted by Gasteiger charge is 2.43. The van der Waals surface area contributed by atoms with Gasteiger partial charge >= 0.3 is 6.03 Å². The van der Waals surface area contributed by atoms with E-state index in [-0.39, 0.29) is 17.7 Å². The average Bonchev–Trinajstić information content (AvgIpc) is 3.12. The first kappa shape index (κ1) is 17.3. The summed E-state index contributed by atoms with van der Waals surface area (Å²) in [6, 6.07) is 4.02. The van der Waals surface area contributed by atoms with Crippen molar-refractivity contribution in [3.8, 4) is 0 Å². The second-order valence-corrected chi connectivity index (χ2v) is 7.37. The lowest BCUT2D eigenvalue weighted by molar-refractivity contribution is -0.118. The Morgan fingerprint density at radius 3 is 2.96 bits per heavy atom. The van der Waals surface area contributed by atoms with Crippen LogP contribution in [0, 0.1) is 6.92 Å². The van der Waals surface area contributed by atoms with Gasteiger partial charge in [0.15, 0.2) is 0 Å². The number of nitrogens with zero attached hydrogens (tertiary/aromatic N) is 2. The highest BCUT2D eigenvalue weighted by Crippen LogP contribution is 2.37. The topological polar surface area (TPSA) is 58.0 Å². The zero-order chi connectivity index (χ0) is 17.2. The highest BCUT2D eigenvalue weighted by molar-refractivity contribution is 5.73. The van der Waals surface area contributed by atoms with Crippen molar-refractivity contribution in [3.63, 3.8) is 0 Å². The van der Waals surface area contributed by atoms with Gasteiger partial charge in [-0.25, -0.2) is 4.79 Å². The Balaban J connectivity index is 1.51. The molecule has 0 aliphatic carbocycles. The SMILES string of the molecule is Cc1ccc(CN2CC[C@@]3(CCC[C@@H](CNC(=O)N(C)C)O3)C2)o1. The monoisotopic (exact) mass is 335 g/mol. The normalized spacial score (nSPS) is 27.5. The fourth-order valence-corrected chi connectivity index (χ4v) is 3.78. The number of likely N-dealkylation sites (tertiary alicyclic amines) is 1. The van der Waals surface area contributed by atoms with Gasteiger partial charge in [-0.05, 0) is 44.7 Å². The van der Waals surface area contributed by atoms with Crippen LogP contribution < -0.4 is 5.32 Å². The first-order valence-corrected chi connectivity index (χ1v) is 8.86. The molecule has 0 bridgehead atoms. The van der Waals surface area contributed by atoms with E-state index in [0.717, 1.165) is 56.8 Å². The maximum atomic E-state index is 11.7. The molecule has 1 aromatic heterocycles. The molecule has 2 atom stereocenters. The Kier molecular flexibility index (Phi) is 5.15. The molecule has 0 radical (unpaired) electrons. The number of furan rings is 1. The number of urea groups is 1. The van der Waals surface area contributed by atoms with E-state index in [1.807, 2.05) is 13.0 Å². The molecule has 1 spiro atoms. The summed E-state index contributed by atoms with van der Waals surface area (Å²) < 4.78 is 12.1. The lowest BCUT2D eigenvalue weighted by Gasteiger charge is -2.39. The van der Waals surface area contributed by atoms with Gasteiger partial charge in [-0.15, -0.1) is 0 Å². The fraction of sp³-hybridized carbons (Fsp3) is 0.722. The maximum Gasteiger partial charge on any atom is 0.316 e. The summed E-state index contributed by atoms with van der Waals surface area (Å²) in [5.41, 5.74) is -0.0482. The minimum atomic E-state index is -0.0561. The van der Waals surface area contributed by atoms with E-state index in [0.29, 0.717) is 6.54 Å². The van der Waals surface area contributed by atoms with Crippen LogP contribution in [0.15, 0.2) is 16.5 Å². The predicted molar refractivity (Wildman–Crippen MR) is 91.9 cm³/mol. The molecule has 134 valence electrons. The zero-order valence-electron chi connectivity index (χ0n) is 15.0.